The van der Waals surface area contributed by atoms with E-state index < -0.39 is 0 Å². The third kappa shape index (κ3) is 3.46. The van der Waals surface area contributed by atoms with Crippen LogP contribution in [0.2, 0.25) is 0 Å². The lowest BCUT2D eigenvalue weighted by Crippen LogP contribution is -2.07. The Labute approximate surface area is 141 Å². The first-order valence-corrected chi connectivity index (χ1v) is 7.94. The zero-order valence-electron chi connectivity index (χ0n) is 13.8. The summed E-state index contributed by atoms with van der Waals surface area (Å²) in [6.45, 7) is 1.83. The van der Waals surface area contributed by atoms with Crippen LogP contribution in [0.3, 0.4) is 0 Å². The molecule has 5 heteroatoms. The highest BCUT2D eigenvalue weighted by Crippen LogP contribution is 2.31. The Kier molecular flexibility index (Phi) is 4.91. The number of benzene rings is 2. The van der Waals surface area contributed by atoms with E-state index in [2.05, 4.69) is 28.4 Å². The van der Waals surface area contributed by atoms with E-state index in [-0.39, 0.29) is 12.0 Å². The molecule has 0 radical (unpaired) electrons. The van der Waals surface area contributed by atoms with E-state index in [0.717, 1.165) is 16.9 Å². The van der Waals surface area contributed by atoms with Gasteiger partial charge in [-0.3, -0.25) is 0 Å². The average Bonchev–Trinajstić information content (AvgIpc) is 3.11. The van der Waals surface area contributed by atoms with Gasteiger partial charge in [-0.15, -0.1) is 10.2 Å². The van der Waals surface area contributed by atoms with Crippen LogP contribution >= 0.6 is 0 Å². The van der Waals surface area contributed by atoms with Crippen LogP contribution < -0.4 is 10.5 Å². The summed E-state index contributed by atoms with van der Waals surface area (Å²) in [5, 5.41) is 8.30. The second-order valence-corrected chi connectivity index (χ2v) is 5.75. The molecule has 2 N–H and O–H groups in total. The lowest BCUT2D eigenvalue weighted by molar-refractivity contribution is 0.398. The summed E-state index contributed by atoms with van der Waals surface area (Å²) in [5.41, 5.74) is 8.05. The fraction of sp³-hybridized carbons (Fsp3) is 0.263. The Hall–Kier alpha value is -2.66. The Morgan fingerprint density at radius 2 is 1.67 bits per heavy atom. The maximum atomic E-state index is 5.85. The molecule has 0 aliphatic rings. The van der Waals surface area contributed by atoms with Gasteiger partial charge >= 0.3 is 0 Å². The second kappa shape index (κ2) is 7.27. The molecule has 0 fully saturated rings. The van der Waals surface area contributed by atoms with Gasteiger partial charge in [0.05, 0.1) is 19.1 Å². The van der Waals surface area contributed by atoms with E-state index in [1.165, 1.54) is 0 Å². The molecular formula is C19H21N3O2. The van der Waals surface area contributed by atoms with Crippen molar-refractivity contribution in [1.82, 2.24) is 10.2 Å². The van der Waals surface area contributed by atoms with E-state index in [1.807, 2.05) is 43.3 Å². The van der Waals surface area contributed by atoms with Crippen LogP contribution in [-0.2, 0) is 6.42 Å². The van der Waals surface area contributed by atoms with E-state index >= 15 is 0 Å². The number of rotatable bonds is 6. The van der Waals surface area contributed by atoms with Gasteiger partial charge in [-0.1, -0.05) is 48.5 Å². The number of nitrogens with two attached hydrogens (primary N) is 1. The zero-order valence-corrected chi connectivity index (χ0v) is 13.8. The number of ether oxygens (including phenoxy) is 1. The van der Waals surface area contributed by atoms with Crippen molar-refractivity contribution in [2.75, 3.05) is 7.11 Å². The van der Waals surface area contributed by atoms with Crippen LogP contribution in [-0.4, -0.2) is 17.3 Å². The molecule has 0 saturated heterocycles. The van der Waals surface area contributed by atoms with Crippen molar-refractivity contribution >= 4 is 0 Å². The largest absolute Gasteiger partial charge is 0.496 e. The van der Waals surface area contributed by atoms with E-state index in [1.54, 1.807) is 7.11 Å². The molecule has 3 rings (SSSR count). The van der Waals surface area contributed by atoms with Crippen LogP contribution in [0.5, 0.6) is 5.75 Å². The molecule has 2 aromatic carbocycles. The lowest BCUT2D eigenvalue weighted by Gasteiger charge is -2.16. The number of hydrogen-bond acceptors (Lipinski definition) is 5. The molecule has 3 aromatic rings. The third-order valence-electron chi connectivity index (χ3n) is 3.96. The Morgan fingerprint density at radius 3 is 2.33 bits per heavy atom. The molecule has 0 saturated carbocycles. The van der Waals surface area contributed by atoms with E-state index in [4.69, 9.17) is 14.9 Å². The normalized spacial score (nSPS) is 13.5. The molecule has 0 aliphatic heterocycles. The first-order chi connectivity index (χ1) is 11.7. The summed E-state index contributed by atoms with van der Waals surface area (Å²) >= 11 is 0. The van der Waals surface area contributed by atoms with E-state index in [9.17, 15) is 0 Å². The maximum Gasteiger partial charge on any atom is 0.232 e. The fourth-order valence-electron chi connectivity index (χ4n) is 2.70. The molecule has 124 valence electrons. The van der Waals surface area contributed by atoms with Crippen LogP contribution in [0.1, 0.15) is 41.8 Å². The summed E-state index contributed by atoms with van der Waals surface area (Å²) in [6, 6.07) is 17.8. The molecule has 1 aromatic heterocycles. The Balaban J connectivity index is 1.99. The van der Waals surface area contributed by atoms with Crippen molar-refractivity contribution in [2.24, 2.45) is 5.73 Å². The molecule has 0 aliphatic carbocycles. The van der Waals surface area contributed by atoms with Crippen LogP contribution in [0.15, 0.2) is 59.0 Å². The minimum Gasteiger partial charge on any atom is -0.496 e. The minimum atomic E-state index is -0.283. The highest BCUT2D eigenvalue weighted by molar-refractivity contribution is 5.37. The summed E-state index contributed by atoms with van der Waals surface area (Å²) < 4.78 is 11.3. The highest BCUT2D eigenvalue weighted by atomic mass is 16.5. The predicted molar refractivity (Wildman–Crippen MR) is 91.9 cm³/mol. The van der Waals surface area contributed by atoms with Gasteiger partial charge in [-0.25, -0.2) is 0 Å². The predicted octanol–water partition coefficient (Wildman–Crippen LogP) is 3.47. The van der Waals surface area contributed by atoms with Gasteiger partial charge in [0.15, 0.2) is 0 Å². The van der Waals surface area contributed by atoms with E-state index in [0.29, 0.717) is 18.2 Å². The molecular weight excluding hydrogens is 302 g/mol. The molecule has 1 heterocycles. The number of nitrogens with zero attached hydrogens (tertiary/aromatic N) is 2. The molecule has 0 amide bonds. The number of hydrogen-bond donors (Lipinski definition) is 1. The third-order valence-corrected chi connectivity index (χ3v) is 3.96. The van der Waals surface area contributed by atoms with Gasteiger partial charge in [-0.2, -0.15) is 0 Å². The van der Waals surface area contributed by atoms with Crippen molar-refractivity contribution in [1.29, 1.82) is 0 Å². The van der Waals surface area contributed by atoms with Gasteiger partial charge in [0, 0.05) is 0 Å². The Morgan fingerprint density at radius 1 is 1.00 bits per heavy atom. The first kappa shape index (κ1) is 16.2. The van der Waals surface area contributed by atoms with Crippen molar-refractivity contribution in [3.8, 4) is 5.75 Å². The van der Waals surface area contributed by atoms with Gasteiger partial charge in [0.1, 0.15) is 5.75 Å². The smallest absolute Gasteiger partial charge is 0.232 e. The Bertz CT molecular complexity index is 784. The average molecular weight is 323 g/mol. The maximum absolute atomic E-state index is 5.85. The van der Waals surface area contributed by atoms with Crippen LogP contribution in [0.4, 0.5) is 0 Å². The van der Waals surface area contributed by atoms with Crippen molar-refractivity contribution in [3.63, 3.8) is 0 Å². The van der Waals surface area contributed by atoms with Crippen molar-refractivity contribution in [3.05, 3.63) is 77.5 Å². The quantitative estimate of drug-likeness (QED) is 0.752. The van der Waals surface area contributed by atoms with Crippen molar-refractivity contribution < 1.29 is 9.15 Å². The minimum absolute atomic E-state index is 0.0532. The topological polar surface area (TPSA) is 74.2 Å². The summed E-state index contributed by atoms with van der Waals surface area (Å²) in [7, 11) is 1.68. The number of aromatic nitrogens is 2. The molecule has 24 heavy (non-hydrogen) atoms. The molecule has 5 nitrogen and oxygen atoms in total. The summed E-state index contributed by atoms with van der Waals surface area (Å²) in [4.78, 5) is 0. The second-order valence-electron chi connectivity index (χ2n) is 5.75. The molecule has 0 bridgehead atoms. The number of para-hydroxylation sites is 1. The number of methoxy groups -OCH3 is 1. The van der Waals surface area contributed by atoms with Gasteiger partial charge < -0.3 is 14.9 Å². The fourth-order valence-corrected chi connectivity index (χ4v) is 2.70. The highest BCUT2D eigenvalue weighted by Gasteiger charge is 2.23. The first-order valence-electron chi connectivity index (χ1n) is 7.94. The van der Waals surface area contributed by atoms with Gasteiger partial charge in [-0.05, 0) is 30.5 Å². The lowest BCUT2D eigenvalue weighted by atomic mass is 9.91. The molecule has 2 unspecified atom stereocenters. The zero-order chi connectivity index (χ0) is 16.9. The molecule has 0 spiro atoms. The SMILES string of the molecule is COc1ccccc1CC(c1ccccc1)c1nnc(C(C)N)o1. The standard InChI is InChI=1S/C19H21N3O2/c1-13(20)18-21-22-19(24-18)16(14-8-4-3-5-9-14)12-15-10-6-7-11-17(15)23-2/h3-11,13,16H,12,20H2,1-2H3. The molecule has 2 atom stereocenters. The van der Waals surface area contributed by atoms with Gasteiger partial charge in [0.2, 0.25) is 11.8 Å². The summed E-state index contributed by atoms with van der Waals surface area (Å²) in [6.07, 6.45) is 0.703. The summed E-state index contributed by atoms with van der Waals surface area (Å²) in [5.74, 6) is 1.82. The van der Waals surface area contributed by atoms with Crippen LogP contribution in [0, 0.1) is 0 Å². The van der Waals surface area contributed by atoms with Crippen LogP contribution in [0.25, 0.3) is 0 Å². The monoisotopic (exact) mass is 323 g/mol. The van der Waals surface area contributed by atoms with Crippen molar-refractivity contribution in [2.45, 2.75) is 25.3 Å². The van der Waals surface area contributed by atoms with Gasteiger partial charge in [0.25, 0.3) is 0 Å².